The lowest BCUT2D eigenvalue weighted by atomic mass is 10.1. The molecule has 0 saturated heterocycles. The molecule has 158 valence electrons. The van der Waals surface area contributed by atoms with Gasteiger partial charge in [0.15, 0.2) is 11.5 Å². The minimum atomic E-state index is -3.63. The van der Waals surface area contributed by atoms with E-state index in [-0.39, 0.29) is 13.1 Å². The van der Waals surface area contributed by atoms with Crippen molar-refractivity contribution in [1.29, 1.82) is 0 Å². The van der Waals surface area contributed by atoms with Gasteiger partial charge in [0.25, 0.3) is 0 Å². The van der Waals surface area contributed by atoms with Crippen LogP contribution in [0.15, 0.2) is 36.4 Å². The summed E-state index contributed by atoms with van der Waals surface area (Å²) in [7, 11) is 0.873. The lowest BCUT2D eigenvalue weighted by molar-refractivity contribution is -0.119. The number of nitrogens with zero attached hydrogens (tertiary/aromatic N) is 1. The predicted molar refractivity (Wildman–Crippen MR) is 111 cm³/mol. The quantitative estimate of drug-likeness (QED) is 0.665. The van der Waals surface area contributed by atoms with Crippen LogP contribution in [-0.2, 0) is 21.4 Å². The molecule has 0 saturated carbocycles. The molecule has 0 heterocycles. The SMILES string of the molecule is COc1ccc(CNC(=O)CN(c2ccc(C)cc2)S(C)(=O)=O)c(OC)c1OC. The number of sulfonamides is 1. The van der Waals surface area contributed by atoms with Gasteiger partial charge in [0.2, 0.25) is 21.7 Å². The van der Waals surface area contributed by atoms with Crippen LogP contribution in [0.4, 0.5) is 5.69 Å². The maximum absolute atomic E-state index is 12.5. The Labute approximate surface area is 171 Å². The van der Waals surface area contributed by atoms with Gasteiger partial charge in [-0.3, -0.25) is 9.10 Å². The third-order valence-electron chi connectivity index (χ3n) is 4.27. The standard InChI is InChI=1S/C20H26N2O6S/c1-14-6-9-16(10-7-14)22(29(5,24)25)13-18(23)21-12-15-8-11-17(26-2)20(28-4)19(15)27-3/h6-11H,12-13H2,1-5H3,(H,21,23). The van der Waals surface area contributed by atoms with Crippen molar-refractivity contribution in [2.24, 2.45) is 0 Å². The molecule has 0 unspecified atom stereocenters. The smallest absolute Gasteiger partial charge is 0.241 e. The number of nitrogens with one attached hydrogen (secondary N) is 1. The summed E-state index contributed by atoms with van der Waals surface area (Å²) in [6.45, 7) is 1.70. The van der Waals surface area contributed by atoms with Crippen LogP contribution < -0.4 is 23.8 Å². The molecule has 8 nitrogen and oxygen atoms in total. The van der Waals surface area contributed by atoms with E-state index >= 15 is 0 Å². The first-order chi connectivity index (χ1) is 13.7. The monoisotopic (exact) mass is 422 g/mol. The van der Waals surface area contributed by atoms with Crippen molar-refractivity contribution in [2.75, 3.05) is 38.4 Å². The largest absolute Gasteiger partial charge is 0.493 e. The van der Waals surface area contributed by atoms with E-state index in [0.29, 0.717) is 28.5 Å². The highest BCUT2D eigenvalue weighted by Crippen LogP contribution is 2.39. The van der Waals surface area contributed by atoms with Crippen molar-refractivity contribution in [3.8, 4) is 17.2 Å². The molecule has 2 aromatic rings. The average Bonchev–Trinajstić information content (AvgIpc) is 2.69. The molecule has 0 fully saturated rings. The number of carbonyl (C=O) groups excluding carboxylic acids is 1. The highest BCUT2D eigenvalue weighted by Gasteiger charge is 2.21. The number of hydrogen-bond donors (Lipinski definition) is 1. The first-order valence-corrected chi connectivity index (χ1v) is 10.6. The number of rotatable bonds is 9. The number of ether oxygens (including phenoxy) is 3. The Bertz CT molecular complexity index is 958. The summed E-state index contributed by atoms with van der Waals surface area (Å²) in [4.78, 5) is 12.5. The number of methoxy groups -OCH3 is 3. The number of aryl methyl sites for hydroxylation is 1. The Morgan fingerprint density at radius 1 is 0.966 bits per heavy atom. The fourth-order valence-electron chi connectivity index (χ4n) is 2.79. The predicted octanol–water partition coefficient (Wildman–Crippen LogP) is 2.10. The average molecular weight is 423 g/mol. The lowest BCUT2D eigenvalue weighted by Crippen LogP contribution is -2.40. The van der Waals surface area contributed by atoms with Crippen molar-refractivity contribution in [3.63, 3.8) is 0 Å². The molecule has 0 aromatic heterocycles. The summed E-state index contributed by atoms with van der Waals surface area (Å²) in [5.41, 5.74) is 2.09. The zero-order valence-electron chi connectivity index (χ0n) is 17.2. The first kappa shape index (κ1) is 22.4. The number of hydrogen-bond acceptors (Lipinski definition) is 6. The second-order valence-corrected chi connectivity index (χ2v) is 8.28. The Hall–Kier alpha value is -2.94. The third kappa shape index (κ3) is 5.54. The Morgan fingerprint density at radius 2 is 1.59 bits per heavy atom. The zero-order chi connectivity index (χ0) is 21.6. The van der Waals surface area contributed by atoms with Crippen LogP contribution in [0.25, 0.3) is 0 Å². The summed E-state index contributed by atoms with van der Waals surface area (Å²) < 4.78 is 41.4. The lowest BCUT2D eigenvalue weighted by Gasteiger charge is -2.22. The van der Waals surface area contributed by atoms with Crippen molar-refractivity contribution in [1.82, 2.24) is 5.32 Å². The molecule has 0 aliphatic heterocycles. The van der Waals surface area contributed by atoms with E-state index in [1.165, 1.54) is 21.3 Å². The van der Waals surface area contributed by atoms with Gasteiger partial charge in [0.05, 0.1) is 33.3 Å². The molecule has 0 aliphatic carbocycles. The number of carbonyl (C=O) groups is 1. The minimum Gasteiger partial charge on any atom is -0.493 e. The molecule has 9 heteroatoms. The topological polar surface area (TPSA) is 94.2 Å². The number of anilines is 1. The summed E-state index contributed by atoms with van der Waals surface area (Å²) in [6, 6.07) is 10.4. The second kappa shape index (κ2) is 9.51. The van der Waals surface area contributed by atoms with Crippen LogP contribution in [-0.4, -0.2) is 48.5 Å². The van der Waals surface area contributed by atoms with E-state index in [4.69, 9.17) is 14.2 Å². The molecule has 1 N–H and O–H groups in total. The molecule has 0 aliphatic rings. The van der Waals surface area contributed by atoms with Gasteiger partial charge in [-0.2, -0.15) is 0 Å². The van der Waals surface area contributed by atoms with Gasteiger partial charge in [-0.15, -0.1) is 0 Å². The Balaban J connectivity index is 2.17. The van der Waals surface area contributed by atoms with Crippen molar-refractivity contribution < 1.29 is 27.4 Å². The molecule has 0 radical (unpaired) electrons. The summed E-state index contributed by atoms with van der Waals surface area (Å²) in [5.74, 6) is 0.903. The van der Waals surface area contributed by atoms with Gasteiger partial charge in [-0.05, 0) is 31.2 Å². The van der Waals surface area contributed by atoms with E-state index in [9.17, 15) is 13.2 Å². The fraction of sp³-hybridized carbons (Fsp3) is 0.350. The van der Waals surface area contributed by atoms with Gasteiger partial charge >= 0.3 is 0 Å². The molecule has 2 aromatic carbocycles. The second-order valence-electron chi connectivity index (χ2n) is 6.38. The van der Waals surface area contributed by atoms with Crippen LogP contribution in [0, 0.1) is 6.92 Å². The third-order valence-corrected chi connectivity index (χ3v) is 5.41. The molecule has 0 atom stereocenters. The van der Waals surface area contributed by atoms with Crippen LogP contribution >= 0.6 is 0 Å². The molecule has 0 spiro atoms. The molecular formula is C20H26N2O6S. The normalized spacial score (nSPS) is 10.9. The van der Waals surface area contributed by atoms with Crippen molar-refractivity contribution >= 4 is 21.6 Å². The number of amides is 1. The summed E-state index contributed by atoms with van der Waals surface area (Å²) >= 11 is 0. The van der Waals surface area contributed by atoms with Gasteiger partial charge < -0.3 is 19.5 Å². The number of benzene rings is 2. The molecule has 1 amide bonds. The van der Waals surface area contributed by atoms with E-state index in [2.05, 4.69) is 5.32 Å². The zero-order valence-corrected chi connectivity index (χ0v) is 18.0. The molecule has 2 rings (SSSR count). The highest BCUT2D eigenvalue weighted by molar-refractivity contribution is 7.92. The van der Waals surface area contributed by atoms with E-state index < -0.39 is 15.9 Å². The van der Waals surface area contributed by atoms with Gasteiger partial charge in [-0.1, -0.05) is 17.7 Å². The van der Waals surface area contributed by atoms with E-state index in [1.54, 1.807) is 36.4 Å². The van der Waals surface area contributed by atoms with Crippen LogP contribution in [0.2, 0.25) is 0 Å². The van der Waals surface area contributed by atoms with Crippen LogP contribution in [0.1, 0.15) is 11.1 Å². The molecule has 0 bridgehead atoms. The Morgan fingerprint density at radius 3 is 2.10 bits per heavy atom. The van der Waals surface area contributed by atoms with E-state index in [0.717, 1.165) is 16.1 Å². The minimum absolute atomic E-state index is 0.133. The first-order valence-electron chi connectivity index (χ1n) is 8.80. The van der Waals surface area contributed by atoms with E-state index in [1.807, 2.05) is 6.92 Å². The summed E-state index contributed by atoms with van der Waals surface area (Å²) in [5, 5.41) is 2.72. The van der Waals surface area contributed by atoms with Gasteiger partial charge in [0, 0.05) is 12.1 Å². The van der Waals surface area contributed by atoms with Gasteiger partial charge in [0.1, 0.15) is 6.54 Å². The molecule has 29 heavy (non-hydrogen) atoms. The van der Waals surface area contributed by atoms with Crippen molar-refractivity contribution in [3.05, 3.63) is 47.5 Å². The van der Waals surface area contributed by atoms with Crippen molar-refractivity contribution in [2.45, 2.75) is 13.5 Å². The molecular weight excluding hydrogens is 396 g/mol. The van der Waals surface area contributed by atoms with Crippen LogP contribution in [0.3, 0.4) is 0 Å². The maximum atomic E-state index is 12.5. The van der Waals surface area contributed by atoms with Gasteiger partial charge in [-0.25, -0.2) is 8.42 Å². The Kier molecular flexibility index (Phi) is 7.33. The van der Waals surface area contributed by atoms with Crippen LogP contribution in [0.5, 0.6) is 17.2 Å². The summed E-state index contributed by atoms with van der Waals surface area (Å²) in [6.07, 6.45) is 1.07. The maximum Gasteiger partial charge on any atom is 0.241 e. The highest BCUT2D eigenvalue weighted by atomic mass is 32.2. The fourth-order valence-corrected chi connectivity index (χ4v) is 3.65.